The van der Waals surface area contributed by atoms with Crippen LogP contribution in [-0.2, 0) is 0 Å². The van der Waals surface area contributed by atoms with Crippen molar-refractivity contribution in [3.63, 3.8) is 0 Å². The van der Waals surface area contributed by atoms with Gasteiger partial charge in [0.05, 0.1) is 5.57 Å². The lowest BCUT2D eigenvalue weighted by Crippen LogP contribution is -2.50. The molecule has 1 aliphatic rings. The number of rotatable bonds is 4. The van der Waals surface area contributed by atoms with E-state index >= 15 is 0 Å². The molecule has 0 fully saturated rings. The molecule has 4 rings (SSSR count). The molecule has 1 N–H and O–H groups in total. The van der Waals surface area contributed by atoms with Crippen LogP contribution in [0, 0.1) is 0 Å². The second kappa shape index (κ2) is 6.67. The topological polar surface area (TPSA) is 63.6 Å². The lowest BCUT2D eigenvalue weighted by molar-refractivity contribution is -0.0711. The quantitative estimate of drug-likeness (QED) is 0.720. The van der Waals surface area contributed by atoms with Gasteiger partial charge < -0.3 is 9.84 Å². The largest absolute Gasteiger partial charge is 0.450 e. The third kappa shape index (κ3) is 2.96. The number of benzene rings is 3. The zero-order chi connectivity index (χ0) is 18.9. The predicted molar refractivity (Wildman–Crippen MR) is 102 cm³/mol. The average molecular weight is 356 g/mol. The number of carbonyl (C=O) groups is 2. The van der Waals surface area contributed by atoms with Gasteiger partial charge in [0, 0.05) is 16.7 Å². The van der Waals surface area contributed by atoms with E-state index in [1.54, 1.807) is 84.9 Å². The third-order valence-electron chi connectivity index (χ3n) is 4.47. The van der Waals surface area contributed by atoms with Gasteiger partial charge in [0.15, 0.2) is 5.78 Å². The van der Waals surface area contributed by atoms with E-state index in [9.17, 15) is 14.7 Å². The number of hydrogen-bond acceptors (Lipinski definition) is 4. The lowest BCUT2D eigenvalue weighted by atomic mass is 9.87. The molecular weight excluding hydrogens is 340 g/mol. The Labute approximate surface area is 156 Å². The maximum atomic E-state index is 13.1. The molecule has 4 heteroatoms. The van der Waals surface area contributed by atoms with Crippen molar-refractivity contribution in [2.24, 2.45) is 0 Å². The number of carbonyl (C=O) groups excluding carboxylic acids is 2. The van der Waals surface area contributed by atoms with Crippen molar-refractivity contribution in [3.05, 3.63) is 107 Å². The van der Waals surface area contributed by atoms with Gasteiger partial charge in [0.2, 0.25) is 5.78 Å². The van der Waals surface area contributed by atoms with Gasteiger partial charge in [-0.25, -0.2) is 0 Å². The molecule has 0 saturated carbocycles. The molecule has 3 aromatic rings. The van der Waals surface area contributed by atoms with Crippen molar-refractivity contribution < 1.29 is 19.4 Å². The molecule has 0 aromatic heterocycles. The van der Waals surface area contributed by atoms with Crippen molar-refractivity contribution in [3.8, 4) is 5.75 Å². The summed E-state index contributed by atoms with van der Waals surface area (Å²) in [6.45, 7) is 0. The van der Waals surface area contributed by atoms with Crippen LogP contribution in [-0.4, -0.2) is 22.5 Å². The van der Waals surface area contributed by atoms with E-state index in [1.807, 2.05) is 0 Å². The number of Topliss-reactive ketones (excluding diaryl/α,β-unsaturated/α-hetero) is 2. The molecule has 0 aliphatic carbocycles. The van der Waals surface area contributed by atoms with Crippen LogP contribution in [0.15, 0.2) is 90.5 Å². The highest BCUT2D eigenvalue weighted by Crippen LogP contribution is 2.37. The first-order valence-electron chi connectivity index (χ1n) is 8.52. The molecule has 0 amide bonds. The second-order valence-corrected chi connectivity index (χ2v) is 6.23. The van der Waals surface area contributed by atoms with E-state index in [-0.39, 0.29) is 11.1 Å². The number of fused-ring (bicyclic) bond motifs is 1. The Morgan fingerprint density at radius 2 is 1.30 bits per heavy atom. The molecule has 0 saturated heterocycles. The second-order valence-electron chi connectivity index (χ2n) is 6.23. The minimum absolute atomic E-state index is 0.110. The highest BCUT2D eigenvalue weighted by molar-refractivity contribution is 6.19. The van der Waals surface area contributed by atoms with Crippen LogP contribution >= 0.6 is 0 Å². The van der Waals surface area contributed by atoms with Gasteiger partial charge in [0.25, 0.3) is 0 Å². The van der Waals surface area contributed by atoms with Crippen molar-refractivity contribution in [2.45, 2.75) is 5.79 Å². The summed E-state index contributed by atoms with van der Waals surface area (Å²) in [6.07, 6.45) is 1.52. The summed E-state index contributed by atoms with van der Waals surface area (Å²) in [5.74, 6) is -3.21. The van der Waals surface area contributed by atoms with E-state index < -0.39 is 17.4 Å². The average Bonchev–Trinajstić information content (AvgIpc) is 2.73. The summed E-state index contributed by atoms with van der Waals surface area (Å²) in [5, 5.41) is 11.3. The highest BCUT2D eigenvalue weighted by atomic mass is 16.6. The standard InChI is InChI=1S/C23H16O4/c24-21(16-9-3-1-4-10-16)19-15-18-13-7-8-14-20(18)27-23(19,26)22(25)17-11-5-2-6-12-17/h1-15,26H. The number of hydrogen-bond donors (Lipinski definition) is 1. The summed E-state index contributed by atoms with van der Waals surface area (Å²) in [5.41, 5.74) is 1.14. The zero-order valence-corrected chi connectivity index (χ0v) is 14.3. The number of ether oxygens (including phenoxy) is 1. The monoisotopic (exact) mass is 356 g/mol. The molecule has 132 valence electrons. The van der Waals surface area contributed by atoms with E-state index in [2.05, 4.69) is 0 Å². The summed E-state index contributed by atoms with van der Waals surface area (Å²) in [6, 6.07) is 23.8. The molecule has 1 unspecified atom stereocenters. The zero-order valence-electron chi connectivity index (χ0n) is 14.3. The van der Waals surface area contributed by atoms with Gasteiger partial charge in [-0.15, -0.1) is 0 Å². The van der Waals surface area contributed by atoms with Gasteiger partial charge in [-0.2, -0.15) is 0 Å². The first-order chi connectivity index (χ1) is 13.1. The van der Waals surface area contributed by atoms with Gasteiger partial charge in [-0.1, -0.05) is 78.9 Å². The summed E-state index contributed by atoms with van der Waals surface area (Å²) in [7, 11) is 0. The normalized spacial score (nSPS) is 18.0. The fraction of sp³-hybridized carbons (Fsp3) is 0.0435. The van der Waals surface area contributed by atoms with Crippen LogP contribution < -0.4 is 4.74 Å². The minimum Gasteiger partial charge on any atom is -0.450 e. The molecule has 0 radical (unpaired) electrons. The fourth-order valence-corrected chi connectivity index (χ4v) is 3.08. The molecule has 3 aromatic carbocycles. The fourth-order valence-electron chi connectivity index (χ4n) is 3.08. The maximum Gasteiger partial charge on any atom is 0.303 e. The van der Waals surface area contributed by atoms with Gasteiger partial charge in [-0.3, -0.25) is 9.59 Å². The lowest BCUT2D eigenvalue weighted by Gasteiger charge is -2.33. The molecule has 0 bridgehead atoms. The third-order valence-corrected chi connectivity index (χ3v) is 4.47. The Morgan fingerprint density at radius 3 is 1.96 bits per heavy atom. The van der Waals surface area contributed by atoms with Crippen LogP contribution in [0.5, 0.6) is 5.75 Å². The van der Waals surface area contributed by atoms with Gasteiger partial charge in [-0.05, 0) is 12.1 Å². The van der Waals surface area contributed by atoms with E-state index in [1.165, 1.54) is 6.08 Å². The summed E-state index contributed by atoms with van der Waals surface area (Å²) < 4.78 is 5.71. The maximum absolute atomic E-state index is 13.1. The Morgan fingerprint density at radius 1 is 0.741 bits per heavy atom. The molecule has 1 heterocycles. The minimum atomic E-state index is -2.40. The van der Waals surface area contributed by atoms with Gasteiger partial charge in [0.1, 0.15) is 5.75 Å². The predicted octanol–water partition coefficient (Wildman–Crippen LogP) is 3.92. The SMILES string of the molecule is O=C(C1=Cc2ccccc2OC1(O)C(=O)c1ccccc1)c1ccccc1. The summed E-state index contributed by atoms with van der Waals surface area (Å²) >= 11 is 0. The smallest absolute Gasteiger partial charge is 0.303 e. The van der Waals surface area contributed by atoms with Crippen molar-refractivity contribution in [2.75, 3.05) is 0 Å². The Balaban J connectivity index is 1.86. The Kier molecular flexibility index (Phi) is 4.18. The van der Waals surface area contributed by atoms with Crippen LogP contribution in [0.4, 0.5) is 0 Å². The molecule has 0 spiro atoms. The van der Waals surface area contributed by atoms with Crippen LogP contribution in [0.2, 0.25) is 0 Å². The van der Waals surface area contributed by atoms with Gasteiger partial charge >= 0.3 is 5.79 Å². The molecule has 4 nitrogen and oxygen atoms in total. The molecular formula is C23H16O4. The van der Waals surface area contributed by atoms with Crippen molar-refractivity contribution in [1.29, 1.82) is 0 Å². The molecule has 1 aliphatic heterocycles. The number of aliphatic hydroxyl groups is 1. The first-order valence-corrected chi connectivity index (χ1v) is 8.52. The van der Waals surface area contributed by atoms with Crippen LogP contribution in [0.25, 0.3) is 6.08 Å². The van der Waals surface area contributed by atoms with Crippen molar-refractivity contribution >= 4 is 17.6 Å². The van der Waals surface area contributed by atoms with Crippen LogP contribution in [0.3, 0.4) is 0 Å². The number of para-hydroxylation sites is 1. The number of ketones is 2. The van der Waals surface area contributed by atoms with E-state index in [0.717, 1.165) is 0 Å². The molecule has 1 atom stereocenters. The highest BCUT2D eigenvalue weighted by Gasteiger charge is 2.48. The first kappa shape index (κ1) is 16.9. The van der Waals surface area contributed by atoms with E-state index in [4.69, 9.17) is 4.74 Å². The molecule has 27 heavy (non-hydrogen) atoms. The van der Waals surface area contributed by atoms with E-state index in [0.29, 0.717) is 16.9 Å². The van der Waals surface area contributed by atoms with Crippen LogP contribution in [0.1, 0.15) is 26.3 Å². The summed E-state index contributed by atoms with van der Waals surface area (Å²) in [4.78, 5) is 26.2. The Hall–Kier alpha value is -3.50. The Bertz CT molecular complexity index is 1040. The van der Waals surface area contributed by atoms with Crippen molar-refractivity contribution in [1.82, 2.24) is 0 Å².